The van der Waals surface area contributed by atoms with Gasteiger partial charge in [0.15, 0.2) is 0 Å². The van der Waals surface area contributed by atoms with Crippen molar-refractivity contribution in [3.63, 3.8) is 0 Å². The van der Waals surface area contributed by atoms with Gasteiger partial charge in [-0.3, -0.25) is 4.79 Å². The van der Waals surface area contributed by atoms with Gasteiger partial charge in [0.1, 0.15) is 5.82 Å². The van der Waals surface area contributed by atoms with Gasteiger partial charge in [0.25, 0.3) is 0 Å². The van der Waals surface area contributed by atoms with E-state index in [9.17, 15) is 14.3 Å². The zero-order valence-corrected chi connectivity index (χ0v) is 10.7. The molecule has 2 aromatic rings. The number of rotatable bonds is 5. The molecule has 0 aliphatic rings. The lowest BCUT2D eigenvalue weighted by molar-refractivity contribution is 0.100. The standard InChI is InChI=1S/C15H15FN2O2/c16-12-5-1-3-10(7-12)14(19)9-18-13-6-2-4-11(8-13)15(17)20/h1-8,14,18-19H,9H2,(H2,17,20). The van der Waals surface area contributed by atoms with Crippen LogP contribution in [0.5, 0.6) is 0 Å². The maximum absolute atomic E-state index is 13.0. The summed E-state index contributed by atoms with van der Waals surface area (Å²) >= 11 is 0. The number of halogens is 1. The minimum atomic E-state index is -0.845. The molecule has 0 fully saturated rings. The van der Waals surface area contributed by atoms with Crippen molar-refractivity contribution in [1.29, 1.82) is 0 Å². The molecule has 0 radical (unpaired) electrons. The van der Waals surface area contributed by atoms with E-state index >= 15 is 0 Å². The van der Waals surface area contributed by atoms with Gasteiger partial charge in [-0.2, -0.15) is 0 Å². The molecule has 4 N–H and O–H groups in total. The number of carbonyl (C=O) groups excluding carboxylic acids is 1. The highest BCUT2D eigenvalue weighted by molar-refractivity contribution is 5.93. The van der Waals surface area contributed by atoms with Crippen molar-refractivity contribution in [2.75, 3.05) is 11.9 Å². The van der Waals surface area contributed by atoms with Gasteiger partial charge in [-0.25, -0.2) is 4.39 Å². The van der Waals surface area contributed by atoms with Crippen molar-refractivity contribution < 1.29 is 14.3 Å². The van der Waals surface area contributed by atoms with Crippen molar-refractivity contribution in [3.8, 4) is 0 Å². The lowest BCUT2D eigenvalue weighted by Crippen LogP contribution is -2.14. The molecule has 0 aromatic heterocycles. The molecule has 0 heterocycles. The fourth-order valence-corrected chi connectivity index (χ4v) is 1.83. The summed E-state index contributed by atoms with van der Waals surface area (Å²) in [7, 11) is 0. The molecule has 5 heteroatoms. The van der Waals surface area contributed by atoms with Crippen LogP contribution in [-0.4, -0.2) is 17.6 Å². The fraction of sp³-hybridized carbons (Fsp3) is 0.133. The van der Waals surface area contributed by atoms with Crippen LogP contribution in [0, 0.1) is 5.82 Å². The van der Waals surface area contributed by atoms with E-state index in [1.807, 2.05) is 0 Å². The maximum Gasteiger partial charge on any atom is 0.248 e. The van der Waals surface area contributed by atoms with Gasteiger partial charge >= 0.3 is 0 Å². The molecule has 104 valence electrons. The summed E-state index contributed by atoms with van der Waals surface area (Å²) in [4.78, 5) is 11.1. The Labute approximate surface area is 116 Å². The summed E-state index contributed by atoms with van der Waals surface area (Å²) in [5.41, 5.74) is 6.73. The van der Waals surface area contributed by atoms with E-state index in [1.165, 1.54) is 12.1 Å². The molecule has 0 spiro atoms. The Morgan fingerprint density at radius 2 is 2.00 bits per heavy atom. The van der Waals surface area contributed by atoms with Gasteiger partial charge in [0.2, 0.25) is 5.91 Å². The molecular formula is C15H15FN2O2. The number of primary amides is 1. The first-order valence-corrected chi connectivity index (χ1v) is 6.13. The van der Waals surface area contributed by atoms with Crippen LogP contribution < -0.4 is 11.1 Å². The molecule has 0 bridgehead atoms. The summed E-state index contributed by atoms with van der Waals surface area (Å²) in [6.07, 6.45) is -0.845. The molecular weight excluding hydrogens is 259 g/mol. The number of anilines is 1. The Balaban J connectivity index is 2.01. The number of nitrogens with one attached hydrogen (secondary N) is 1. The second-order valence-electron chi connectivity index (χ2n) is 4.40. The Hall–Kier alpha value is -2.40. The zero-order chi connectivity index (χ0) is 14.5. The van der Waals surface area contributed by atoms with Crippen LogP contribution in [-0.2, 0) is 0 Å². The molecule has 1 amide bonds. The summed E-state index contributed by atoms with van der Waals surface area (Å²) in [5.74, 6) is -0.906. The van der Waals surface area contributed by atoms with Crippen LogP contribution in [0.1, 0.15) is 22.0 Å². The number of amides is 1. The van der Waals surface area contributed by atoms with Gasteiger partial charge in [0, 0.05) is 17.8 Å². The highest BCUT2D eigenvalue weighted by Crippen LogP contribution is 2.16. The van der Waals surface area contributed by atoms with Crippen molar-refractivity contribution in [1.82, 2.24) is 0 Å². The Bertz CT molecular complexity index is 616. The minimum Gasteiger partial charge on any atom is -0.387 e. The number of carbonyl (C=O) groups is 1. The summed E-state index contributed by atoms with van der Waals surface area (Å²) in [5, 5.41) is 12.9. The maximum atomic E-state index is 13.0. The summed E-state index contributed by atoms with van der Waals surface area (Å²) in [6, 6.07) is 12.4. The molecule has 0 saturated heterocycles. The van der Waals surface area contributed by atoms with Crippen LogP contribution in [0.2, 0.25) is 0 Å². The second kappa shape index (κ2) is 6.16. The highest BCUT2D eigenvalue weighted by atomic mass is 19.1. The average molecular weight is 274 g/mol. The highest BCUT2D eigenvalue weighted by Gasteiger charge is 2.08. The molecule has 4 nitrogen and oxygen atoms in total. The quantitative estimate of drug-likeness (QED) is 0.781. The summed E-state index contributed by atoms with van der Waals surface area (Å²) < 4.78 is 13.0. The third kappa shape index (κ3) is 3.55. The van der Waals surface area contributed by atoms with Gasteiger partial charge in [-0.05, 0) is 35.9 Å². The summed E-state index contributed by atoms with van der Waals surface area (Å²) in [6.45, 7) is 0.200. The molecule has 0 aliphatic carbocycles. The Morgan fingerprint density at radius 3 is 2.70 bits per heavy atom. The lowest BCUT2D eigenvalue weighted by Gasteiger charge is -2.13. The van der Waals surface area contributed by atoms with E-state index in [2.05, 4.69) is 5.32 Å². The normalized spacial score (nSPS) is 11.9. The van der Waals surface area contributed by atoms with Gasteiger partial charge in [-0.1, -0.05) is 18.2 Å². The van der Waals surface area contributed by atoms with Crippen molar-refractivity contribution in [2.24, 2.45) is 5.73 Å². The van der Waals surface area contributed by atoms with Crippen LogP contribution in [0.3, 0.4) is 0 Å². The number of hydrogen-bond acceptors (Lipinski definition) is 3. The monoisotopic (exact) mass is 274 g/mol. The van der Waals surface area contributed by atoms with Crippen molar-refractivity contribution in [2.45, 2.75) is 6.10 Å². The third-order valence-electron chi connectivity index (χ3n) is 2.88. The first-order chi connectivity index (χ1) is 9.56. The van der Waals surface area contributed by atoms with Gasteiger partial charge in [-0.15, -0.1) is 0 Å². The fourth-order valence-electron chi connectivity index (χ4n) is 1.83. The average Bonchev–Trinajstić information content (AvgIpc) is 2.45. The van der Waals surface area contributed by atoms with Crippen LogP contribution in [0.4, 0.5) is 10.1 Å². The molecule has 0 saturated carbocycles. The first-order valence-electron chi connectivity index (χ1n) is 6.13. The smallest absolute Gasteiger partial charge is 0.248 e. The number of aliphatic hydroxyl groups is 1. The van der Waals surface area contributed by atoms with Crippen LogP contribution in [0.15, 0.2) is 48.5 Å². The topological polar surface area (TPSA) is 75.4 Å². The Kier molecular flexibility index (Phi) is 4.32. The lowest BCUT2D eigenvalue weighted by atomic mass is 10.1. The number of nitrogens with two attached hydrogens (primary N) is 1. The number of benzene rings is 2. The predicted molar refractivity (Wildman–Crippen MR) is 74.8 cm³/mol. The minimum absolute atomic E-state index is 0.200. The van der Waals surface area contributed by atoms with E-state index in [4.69, 9.17) is 5.73 Å². The molecule has 2 rings (SSSR count). The van der Waals surface area contributed by atoms with E-state index in [-0.39, 0.29) is 6.54 Å². The van der Waals surface area contributed by atoms with E-state index in [0.29, 0.717) is 16.8 Å². The van der Waals surface area contributed by atoms with E-state index < -0.39 is 17.8 Å². The van der Waals surface area contributed by atoms with E-state index in [1.54, 1.807) is 36.4 Å². The Morgan fingerprint density at radius 1 is 1.25 bits per heavy atom. The number of aliphatic hydroxyl groups excluding tert-OH is 1. The molecule has 1 atom stereocenters. The van der Waals surface area contributed by atoms with Crippen LogP contribution >= 0.6 is 0 Å². The molecule has 0 aliphatic heterocycles. The van der Waals surface area contributed by atoms with E-state index in [0.717, 1.165) is 0 Å². The first kappa shape index (κ1) is 14.0. The zero-order valence-electron chi connectivity index (χ0n) is 10.7. The largest absolute Gasteiger partial charge is 0.387 e. The second-order valence-corrected chi connectivity index (χ2v) is 4.40. The van der Waals surface area contributed by atoms with Crippen molar-refractivity contribution >= 4 is 11.6 Å². The molecule has 2 aromatic carbocycles. The molecule has 20 heavy (non-hydrogen) atoms. The molecule has 1 unspecified atom stereocenters. The van der Waals surface area contributed by atoms with Crippen LogP contribution in [0.25, 0.3) is 0 Å². The third-order valence-corrected chi connectivity index (χ3v) is 2.88. The number of hydrogen-bond donors (Lipinski definition) is 3. The SMILES string of the molecule is NC(=O)c1cccc(NCC(O)c2cccc(F)c2)c1. The van der Waals surface area contributed by atoms with Gasteiger partial charge in [0.05, 0.1) is 6.10 Å². The van der Waals surface area contributed by atoms with Crippen molar-refractivity contribution in [3.05, 3.63) is 65.5 Å². The van der Waals surface area contributed by atoms with Gasteiger partial charge < -0.3 is 16.2 Å². The predicted octanol–water partition coefficient (Wildman–Crippen LogP) is 2.07.